The molecule has 0 saturated carbocycles. The first-order chi connectivity index (χ1) is 14.7. The van der Waals surface area contributed by atoms with Gasteiger partial charge < -0.3 is 4.74 Å². The third-order valence-electron chi connectivity index (χ3n) is 4.77. The summed E-state index contributed by atoms with van der Waals surface area (Å²) >= 11 is 1.34. The van der Waals surface area contributed by atoms with Gasteiger partial charge in [-0.15, -0.1) is 5.10 Å². The summed E-state index contributed by atoms with van der Waals surface area (Å²) in [5.41, 5.74) is 1.67. The second-order valence-corrected chi connectivity index (χ2v) is 7.75. The molecule has 0 atom stereocenters. The molecule has 0 spiro atoms. The SMILES string of the molecule is C=CCOc1ccc(-c2nc3sc(=Cc4cccc5ccccc45)c(=O)n3n2)cc1. The largest absolute Gasteiger partial charge is 0.490 e. The molecule has 146 valence electrons. The van der Waals surface area contributed by atoms with Gasteiger partial charge in [-0.3, -0.25) is 4.79 Å². The highest BCUT2D eigenvalue weighted by Crippen LogP contribution is 2.21. The van der Waals surface area contributed by atoms with Gasteiger partial charge in [-0.1, -0.05) is 66.5 Å². The van der Waals surface area contributed by atoms with Crippen molar-refractivity contribution in [1.29, 1.82) is 0 Å². The van der Waals surface area contributed by atoms with Crippen LogP contribution in [0.15, 0.2) is 84.2 Å². The molecule has 5 nitrogen and oxygen atoms in total. The maximum Gasteiger partial charge on any atom is 0.291 e. The fourth-order valence-electron chi connectivity index (χ4n) is 3.33. The molecule has 0 N–H and O–H groups in total. The van der Waals surface area contributed by atoms with E-state index in [1.54, 1.807) is 6.08 Å². The van der Waals surface area contributed by atoms with Crippen LogP contribution in [0, 0.1) is 0 Å². The smallest absolute Gasteiger partial charge is 0.291 e. The number of fused-ring (bicyclic) bond motifs is 2. The molecule has 5 aromatic rings. The summed E-state index contributed by atoms with van der Waals surface area (Å²) < 4.78 is 7.48. The Morgan fingerprint density at radius 3 is 2.63 bits per heavy atom. The van der Waals surface area contributed by atoms with Crippen LogP contribution in [0.3, 0.4) is 0 Å². The lowest BCUT2D eigenvalue weighted by Gasteiger charge is -2.02. The number of thiazole rings is 1. The standard InChI is InChI=1S/C24H17N3O2S/c1-2-14-29-19-12-10-17(11-13-19)22-25-24-27(26-22)23(28)21(30-24)15-18-8-5-7-16-6-3-4-9-20(16)18/h2-13,15H,1,14H2. The van der Waals surface area contributed by atoms with Crippen LogP contribution in [0.2, 0.25) is 0 Å². The van der Waals surface area contributed by atoms with Crippen LogP contribution in [-0.4, -0.2) is 21.2 Å². The molecule has 0 aliphatic carbocycles. The first-order valence-corrected chi connectivity index (χ1v) is 10.3. The number of hydrogen-bond donors (Lipinski definition) is 0. The number of nitrogens with zero attached hydrogens (tertiary/aromatic N) is 3. The van der Waals surface area contributed by atoms with E-state index in [-0.39, 0.29) is 5.56 Å². The van der Waals surface area contributed by atoms with Gasteiger partial charge in [0, 0.05) is 5.56 Å². The molecular formula is C24H17N3O2S. The molecule has 2 aromatic heterocycles. The number of benzene rings is 3. The van der Waals surface area contributed by atoms with Crippen molar-refractivity contribution in [2.45, 2.75) is 0 Å². The molecular weight excluding hydrogens is 394 g/mol. The second kappa shape index (κ2) is 7.57. The molecule has 6 heteroatoms. The summed E-state index contributed by atoms with van der Waals surface area (Å²) in [4.78, 5) is 18.0. The quantitative estimate of drug-likeness (QED) is 0.409. The summed E-state index contributed by atoms with van der Waals surface area (Å²) in [6.45, 7) is 4.09. The van der Waals surface area contributed by atoms with Crippen molar-refractivity contribution >= 4 is 33.1 Å². The van der Waals surface area contributed by atoms with E-state index in [0.717, 1.165) is 27.6 Å². The van der Waals surface area contributed by atoms with E-state index in [1.807, 2.05) is 54.6 Å². The Hall–Kier alpha value is -3.77. The van der Waals surface area contributed by atoms with Crippen molar-refractivity contribution in [2.75, 3.05) is 6.61 Å². The number of ether oxygens (including phenoxy) is 1. The van der Waals surface area contributed by atoms with E-state index in [1.165, 1.54) is 15.9 Å². The zero-order valence-corrected chi connectivity index (χ0v) is 16.8. The van der Waals surface area contributed by atoms with Gasteiger partial charge in [0.25, 0.3) is 5.56 Å². The second-order valence-electron chi connectivity index (χ2n) is 6.74. The lowest BCUT2D eigenvalue weighted by Crippen LogP contribution is -2.23. The molecule has 0 amide bonds. The van der Waals surface area contributed by atoms with Crippen LogP contribution in [-0.2, 0) is 0 Å². The Balaban J connectivity index is 1.53. The summed E-state index contributed by atoms with van der Waals surface area (Å²) in [5, 5.41) is 6.67. The van der Waals surface area contributed by atoms with Gasteiger partial charge in [-0.25, -0.2) is 0 Å². The number of rotatable bonds is 5. The summed E-state index contributed by atoms with van der Waals surface area (Å²) in [5.74, 6) is 1.27. The van der Waals surface area contributed by atoms with E-state index in [9.17, 15) is 4.79 Å². The minimum Gasteiger partial charge on any atom is -0.490 e. The predicted molar refractivity (Wildman–Crippen MR) is 121 cm³/mol. The maximum absolute atomic E-state index is 12.9. The van der Waals surface area contributed by atoms with Crippen molar-refractivity contribution in [3.63, 3.8) is 0 Å². The monoisotopic (exact) mass is 411 g/mol. The van der Waals surface area contributed by atoms with Crippen molar-refractivity contribution in [1.82, 2.24) is 14.6 Å². The van der Waals surface area contributed by atoms with E-state index >= 15 is 0 Å². The van der Waals surface area contributed by atoms with E-state index in [4.69, 9.17) is 4.74 Å². The van der Waals surface area contributed by atoms with Crippen molar-refractivity contribution in [2.24, 2.45) is 0 Å². The molecule has 30 heavy (non-hydrogen) atoms. The highest BCUT2D eigenvalue weighted by Gasteiger charge is 2.12. The maximum atomic E-state index is 12.9. The Morgan fingerprint density at radius 2 is 1.83 bits per heavy atom. The summed E-state index contributed by atoms with van der Waals surface area (Å²) in [7, 11) is 0. The lowest BCUT2D eigenvalue weighted by molar-refractivity contribution is 0.363. The molecule has 5 rings (SSSR count). The highest BCUT2D eigenvalue weighted by molar-refractivity contribution is 7.15. The zero-order chi connectivity index (χ0) is 20.5. The highest BCUT2D eigenvalue weighted by atomic mass is 32.1. The Bertz CT molecular complexity index is 1480. The number of hydrogen-bond acceptors (Lipinski definition) is 5. The fraction of sp³-hybridized carbons (Fsp3) is 0.0417. The molecule has 0 saturated heterocycles. The van der Waals surface area contributed by atoms with Crippen LogP contribution in [0.25, 0.3) is 33.2 Å². The fourth-order valence-corrected chi connectivity index (χ4v) is 4.23. The van der Waals surface area contributed by atoms with Gasteiger partial charge in [0.15, 0.2) is 5.82 Å². The average molecular weight is 411 g/mol. The van der Waals surface area contributed by atoms with Crippen LogP contribution in [0.4, 0.5) is 0 Å². The molecule has 0 aliphatic heterocycles. The van der Waals surface area contributed by atoms with Gasteiger partial charge in [0.05, 0.1) is 4.53 Å². The van der Waals surface area contributed by atoms with E-state index in [0.29, 0.717) is 21.9 Å². The molecule has 0 radical (unpaired) electrons. The number of aromatic nitrogens is 3. The normalized spacial score (nSPS) is 11.9. The Labute approximate surface area is 176 Å². The predicted octanol–water partition coefficient (Wildman–Crippen LogP) is 4.08. The topological polar surface area (TPSA) is 56.5 Å². The first-order valence-electron chi connectivity index (χ1n) is 9.46. The van der Waals surface area contributed by atoms with Crippen LogP contribution in [0.1, 0.15) is 5.56 Å². The minimum absolute atomic E-state index is 0.160. The van der Waals surface area contributed by atoms with Crippen LogP contribution >= 0.6 is 11.3 Å². The average Bonchev–Trinajstić information content (AvgIpc) is 3.32. The van der Waals surface area contributed by atoms with Crippen LogP contribution < -0.4 is 14.8 Å². The summed E-state index contributed by atoms with van der Waals surface area (Å²) in [6, 6.07) is 21.7. The van der Waals surface area contributed by atoms with E-state index in [2.05, 4.69) is 34.9 Å². The first kappa shape index (κ1) is 18.3. The third-order valence-corrected chi connectivity index (χ3v) is 5.73. The van der Waals surface area contributed by atoms with Crippen LogP contribution in [0.5, 0.6) is 5.75 Å². The van der Waals surface area contributed by atoms with Gasteiger partial charge >= 0.3 is 0 Å². The molecule has 0 fully saturated rings. The molecule has 2 heterocycles. The molecule has 3 aromatic carbocycles. The Morgan fingerprint density at radius 1 is 1.03 bits per heavy atom. The molecule has 0 unspecified atom stereocenters. The van der Waals surface area contributed by atoms with Crippen molar-refractivity contribution < 1.29 is 4.74 Å². The molecule has 0 aliphatic rings. The van der Waals surface area contributed by atoms with Crippen molar-refractivity contribution in [3.8, 4) is 17.1 Å². The molecule has 0 bridgehead atoms. The summed E-state index contributed by atoms with van der Waals surface area (Å²) in [6.07, 6.45) is 3.61. The van der Waals surface area contributed by atoms with Gasteiger partial charge in [0.2, 0.25) is 4.96 Å². The van der Waals surface area contributed by atoms with Gasteiger partial charge in [0.1, 0.15) is 12.4 Å². The zero-order valence-electron chi connectivity index (χ0n) is 16.0. The minimum atomic E-state index is -0.160. The third kappa shape index (κ3) is 3.27. The van der Waals surface area contributed by atoms with Gasteiger partial charge in [-0.2, -0.15) is 9.50 Å². The lowest BCUT2D eigenvalue weighted by atomic mass is 10.0. The van der Waals surface area contributed by atoms with E-state index < -0.39 is 0 Å². The van der Waals surface area contributed by atoms with Crippen molar-refractivity contribution in [3.05, 3.63) is 99.8 Å². The Kier molecular flexibility index (Phi) is 4.61. The van der Waals surface area contributed by atoms with Gasteiger partial charge in [-0.05, 0) is 46.7 Å².